The van der Waals surface area contributed by atoms with E-state index in [0.29, 0.717) is 16.5 Å². The van der Waals surface area contributed by atoms with Crippen LogP contribution in [0, 0.1) is 10.1 Å². The number of nitrogens with one attached hydrogen (secondary N) is 1. The summed E-state index contributed by atoms with van der Waals surface area (Å²) in [6.07, 6.45) is 1.46. The van der Waals surface area contributed by atoms with Gasteiger partial charge in [-0.25, -0.2) is 9.97 Å². The molecule has 1 heterocycles. The van der Waals surface area contributed by atoms with Gasteiger partial charge >= 0.3 is 0 Å². The Hall–Kier alpha value is -1.92. The highest BCUT2D eigenvalue weighted by molar-refractivity contribution is 6.33. The van der Waals surface area contributed by atoms with Gasteiger partial charge in [-0.05, 0) is 23.7 Å². The van der Waals surface area contributed by atoms with Crippen molar-refractivity contribution < 1.29 is 4.92 Å². The molecule has 2 rings (SSSR count). The van der Waals surface area contributed by atoms with Crippen LogP contribution in [-0.2, 0) is 0 Å². The lowest BCUT2D eigenvalue weighted by molar-refractivity contribution is -0.384. The van der Waals surface area contributed by atoms with Gasteiger partial charge in [-0.15, -0.1) is 0 Å². The molecule has 0 spiro atoms. The zero-order valence-electron chi connectivity index (χ0n) is 8.80. The summed E-state index contributed by atoms with van der Waals surface area (Å²) < 4.78 is 0. The maximum absolute atomic E-state index is 10.7. The fourth-order valence-electron chi connectivity index (χ4n) is 1.27. The fourth-order valence-corrected chi connectivity index (χ4v) is 1.58. The van der Waals surface area contributed by atoms with E-state index < -0.39 is 4.92 Å². The Morgan fingerprint density at radius 2 is 2.06 bits per heavy atom. The second-order valence-corrected chi connectivity index (χ2v) is 4.00. The van der Waals surface area contributed by atoms with E-state index in [1.165, 1.54) is 24.4 Å². The number of hydrogen-bond donors (Lipinski definition) is 1. The number of rotatable bonds is 3. The molecule has 0 fully saturated rings. The Balaban J connectivity index is 2.33. The third-order valence-corrected chi connectivity index (χ3v) is 2.56. The van der Waals surface area contributed by atoms with E-state index >= 15 is 0 Å². The lowest BCUT2D eigenvalue weighted by atomic mass is 10.3. The number of aromatic nitrogens is 2. The minimum Gasteiger partial charge on any atom is -0.339 e. The molecule has 0 saturated carbocycles. The zero-order chi connectivity index (χ0) is 13.1. The molecule has 0 aliphatic rings. The summed E-state index contributed by atoms with van der Waals surface area (Å²) in [5, 5.41) is 13.9. The van der Waals surface area contributed by atoms with Crippen LogP contribution in [0.5, 0.6) is 0 Å². The van der Waals surface area contributed by atoms with Crippen molar-refractivity contribution in [1.82, 2.24) is 9.97 Å². The zero-order valence-corrected chi connectivity index (χ0v) is 10.3. The molecule has 1 aromatic heterocycles. The lowest BCUT2D eigenvalue weighted by Gasteiger charge is -2.07. The molecule has 1 N–H and O–H groups in total. The number of benzene rings is 1. The second-order valence-electron chi connectivity index (χ2n) is 3.26. The molecular formula is C10H6Cl2N4O2. The van der Waals surface area contributed by atoms with E-state index in [1.807, 2.05) is 0 Å². The Morgan fingerprint density at radius 3 is 2.72 bits per heavy atom. The van der Waals surface area contributed by atoms with Crippen molar-refractivity contribution in [2.45, 2.75) is 0 Å². The highest BCUT2D eigenvalue weighted by atomic mass is 35.5. The van der Waals surface area contributed by atoms with Crippen molar-refractivity contribution in [3.63, 3.8) is 0 Å². The summed E-state index contributed by atoms with van der Waals surface area (Å²) in [4.78, 5) is 17.8. The summed E-state index contributed by atoms with van der Waals surface area (Å²) in [7, 11) is 0. The van der Waals surface area contributed by atoms with Gasteiger partial charge in [-0.1, -0.05) is 11.6 Å². The van der Waals surface area contributed by atoms with Crippen LogP contribution in [-0.4, -0.2) is 14.9 Å². The molecule has 92 valence electrons. The van der Waals surface area contributed by atoms with Gasteiger partial charge in [0.05, 0.1) is 15.6 Å². The summed E-state index contributed by atoms with van der Waals surface area (Å²) >= 11 is 11.6. The molecule has 0 atom stereocenters. The number of nitro benzene ring substituents is 1. The van der Waals surface area contributed by atoms with Crippen molar-refractivity contribution in [2.24, 2.45) is 0 Å². The third-order valence-electron chi connectivity index (χ3n) is 2.05. The first kappa shape index (κ1) is 12.5. The molecular weight excluding hydrogens is 279 g/mol. The molecule has 0 unspecified atom stereocenters. The van der Waals surface area contributed by atoms with Gasteiger partial charge in [0, 0.05) is 18.3 Å². The average Bonchev–Trinajstić information content (AvgIpc) is 2.31. The first-order chi connectivity index (χ1) is 8.56. The summed E-state index contributed by atoms with van der Waals surface area (Å²) in [6, 6.07) is 5.64. The standard InChI is InChI=1S/C10H6Cl2N4O2/c11-7-2-1-6(16(17)18)5-8(7)14-9-3-4-13-10(12)15-9/h1-5H,(H,13,14,15). The number of anilines is 2. The van der Waals surface area contributed by atoms with Gasteiger partial charge in [0.1, 0.15) is 5.82 Å². The van der Waals surface area contributed by atoms with E-state index in [9.17, 15) is 10.1 Å². The molecule has 0 bridgehead atoms. The van der Waals surface area contributed by atoms with E-state index in [2.05, 4.69) is 15.3 Å². The molecule has 2 aromatic rings. The van der Waals surface area contributed by atoms with Crippen molar-refractivity contribution >= 4 is 40.4 Å². The maximum Gasteiger partial charge on any atom is 0.271 e. The number of non-ortho nitro benzene ring substituents is 1. The first-order valence-electron chi connectivity index (χ1n) is 4.76. The quantitative estimate of drug-likeness (QED) is 0.530. The van der Waals surface area contributed by atoms with Gasteiger partial charge in [-0.3, -0.25) is 10.1 Å². The van der Waals surface area contributed by atoms with Gasteiger partial charge in [0.15, 0.2) is 0 Å². The van der Waals surface area contributed by atoms with Crippen LogP contribution >= 0.6 is 23.2 Å². The number of hydrogen-bond acceptors (Lipinski definition) is 5. The number of nitrogens with zero attached hydrogens (tertiary/aromatic N) is 3. The highest BCUT2D eigenvalue weighted by Crippen LogP contribution is 2.28. The Kier molecular flexibility index (Phi) is 3.59. The first-order valence-corrected chi connectivity index (χ1v) is 5.51. The van der Waals surface area contributed by atoms with Crippen LogP contribution in [0.25, 0.3) is 0 Å². The molecule has 6 nitrogen and oxygen atoms in total. The summed E-state index contributed by atoms with van der Waals surface area (Å²) in [6.45, 7) is 0. The molecule has 0 aliphatic carbocycles. The molecule has 0 aliphatic heterocycles. The lowest BCUT2D eigenvalue weighted by Crippen LogP contribution is -1.96. The van der Waals surface area contributed by atoms with Gasteiger partial charge < -0.3 is 5.32 Å². The van der Waals surface area contributed by atoms with E-state index in [-0.39, 0.29) is 11.0 Å². The van der Waals surface area contributed by atoms with Crippen LogP contribution in [0.15, 0.2) is 30.5 Å². The van der Waals surface area contributed by atoms with Crippen molar-refractivity contribution in [1.29, 1.82) is 0 Å². The van der Waals surface area contributed by atoms with Gasteiger partial charge in [-0.2, -0.15) is 0 Å². The topological polar surface area (TPSA) is 81.0 Å². The summed E-state index contributed by atoms with van der Waals surface area (Å²) in [5.41, 5.74) is 0.308. The predicted molar refractivity (Wildman–Crippen MR) is 68.4 cm³/mol. The monoisotopic (exact) mass is 284 g/mol. The Morgan fingerprint density at radius 1 is 1.28 bits per heavy atom. The Bertz CT molecular complexity index is 606. The van der Waals surface area contributed by atoms with Crippen LogP contribution in [0.4, 0.5) is 17.2 Å². The normalized spacial score (nSPS) is 10.1. The van der Waals surface area contributed by atoms with E-state index in [4.69, 9.17) is 23.2 Å². The van der Waals surface area contributed by atoms with E-state index in [1.54, 1.807) is 6.07 Å². The minimum atomic E-state index is -0.505. The molecule has 8 heteroatoms. The average molecular weight is 285 g/mol. The van der Waals surface area contributed by atoms with E-state index in [0.717, 1.165) is 0 Å². The molecule has 0 radical (unpaired) electrons. The minimum absolute atomic E-state index is 0.0675. The van der Waals surface area contributed by atoms with Gasteiger partial charge in [0.2, 0.25) is 5.28 Å². The molecule has 0 amide bonds. The fraction of sp³-hybridized carbons (Fsp3) is 0. The van der Waals surface area contributed by atoms with Crippen LogP contribution in [0.1, 0.15) is 0 Å². The van der Waals surface area contributed by atoms with Gasteiger partial charge in [0.25, 0.3) is 5.69 Å². The van der Waals surface area contributed by atoms with Crippen molar-refractivity contribution in [3.8, 4) is 0 Å². The molecule has 0 saturated heterocycles. The SMILES string of the molecule is O=[N+]([O-])c1ccc(Cl)c(Nc2ccnc(Cl)n2)c1. The third kappa shape index (κ3) is 2.85. The molecule has 1 aromatic carbocycles. The smallest absolute Gasteiger partial charge is 0.271 e. The molecule has 18 heavy (non-hydrogen) atoms. The van der Waals surface area contributed by atoms with Crippen LogP contribution in [0.2, 0.25) is 10.3 Å². The summed E-state index contributed by atoms with van der Waals surface area (Å²) in [5.74, 6) is 0.400. The van der Waals surface area contributed by atoms with Crippen LogP contribution in [0.3, 0.4) is 0 Å². The number of nitro groups is 1. The number of halogens is 2. The maximum atomic E-state index is 10.7. The predicted octanol–water partition coefficient (Wildman–Crippen LogP) is 3.44. The van der Waals surface area contributed by atoms with Crippen LogP contribution < -0.4 is 5.32 Å². The van der Waals surface area contributed by atoms with Crippen molar-refractivity contribution in [2.75, 3.05) is 5.32 Å². The highest BCUT2D eigenvalue weighted by Gasteiger charge is 2.10. The largest absolute Gasteiger partial charge is 0.339 e. The second kappa shape index (κ2) is 5.16. The Labute approximate surface area is 112 Å². The van der Waals surface area contributed by atoms with Crippen molar-refractivity contribution in [3.05, 3.63) is 50.9 Å².